The number of aromatic nitrogens is 3. The molecule has 7 nitrogen and oxygen atoms in total. The predicted octanol–water partition coefficient (Wildman–Crippen LogP) is 4.02. The standard InChI is InChI=1S/C20H17F5N6O/c21-10-1-4-13(22)12(7-10)14-8-20(24,25)9-30(14)15-5-6-31-18(27-15)16(17(23)29-31)28-19(32)26-11-2-3-11/h1,4-7,11,14H,2-3,8-9H2,(H2,26,28,32). The highest BCUT2D eigenvalue weighted by molar-refractivity contribution is 5.93. The number of fused-ring (bicyclic) bond motifs is 1. The second kappa shape index (κ2) is 7.31. The van der Waals surface area contributed by atoms with Crippen molar-refractivity contribution in [3.8, 4) is 0 Å². The van der Waals surface area contributed by atoms with Crippen LogP contribution >= 0.6 is 0 Å². The first-order valence-corrected chi connectivity index (χ1v) is 9.92. The molecule has 2 fully saturated rings. The van der Waals surface area contributed by atoms with Gasteiger partial charge in [0.1, 0.15) is 23.1 Å². The third-order valence-corrected chi connectivity index (χ3v) is 5.46. The second-order valence-corrected chi connectivity index (χ2v) is 7.96. The van der Waals surface area contributed by atoms with Gasteiger partial charge in [0.05, 0.1) is 12.6 Å². The number of benzene rings is 1. The lowest BCUT2D eigenvalue weighted by Gasteiger charge is -2.25. The Labute approximate surface area is 178 Å². The van der Waals surface area contributed by atoms with Crippen LogP contribution < -0.4 is 15.5 Å². The number of carbonyl (C=O) groups is 1. The number of nitrogens with zero attached hydrogens (tertiary/aromatic N) is 4. The Balaban J connectivity index is 1.52. The first-order valence-electron chi connectivity index (χ1n) is 9.92. The maximum absolute atomic E-state index is 14.4. The van der Waals surface area contributed by atoms with Crippen molar-refractivity contribution >= 4 is 23.2 Å². The summed E-state index contributed by atoms with van der Waals surface area (Å²) in [7, 11) is 0. The van der Waals surface area contributed by atoms with Gasteiger partial charge in [-0.05, 0) is 37.1 Å². The van der Waals surface area contributed by atoms with Crippen molar-refractivity contribution < 1.29 is 26.7 Å². The molecule has 3 heterocycles. The molecule has 0 radical (unpaired) electrons. The molecule has 12 heteroatoms. The highest BCUT2D eigenvalue weighted by atomic mass is 19.3. The molecule has 1 aliphatic heterocycles. The molecule has 2 amide bonds. The smallest absolute Gasteiger partial charge is 0.319 e. The molecule has 1 aromatic carbocycles. The van der Waals surface area contributed by atoms with E-state index in [1.807, 2.05) is 0 Å². The maximum Gasteiger partial charge on any atom is 0.319 e. The summed E-state index contributed by atoms with van der Waals surface area (Å²) in [5, 5.41) is 8.62. The molecule has 0 spiro atoms. The van der Waals surface area contributed by atoms with Crippen molar-refractivity contribution in [1.29, 1.82) is 0 Å². The second-order valence-electron chi connectivity index (χ2n) is 7.96. The van der Waals surface area contributed by atoms with Crippen LogP contribution in [0.5, 0.6) is 0 Å². The Hall–Kier alpha value is -3.44. The summed E-state index contributed by atoms with van der Waals surface area (Å²) in [4.78, 5) is 17.4. The van der Waals surface area contributed by atoms with Crippen LogP contribution in [0.2, 0.25) is 0 Å². The number of hydrogen-bond acceptors (Lipinski definition) is 4. The number of urea groups is 1. The normalized spacial score (nSPS) is 20.0. The van der Waals surface area contributed by atoms with Crippen molar-refractivity contribution in [1.82, 2.24) is 19.9 Å². The van der Waals surface area contributed by atoms with Gasteiger partial charge >= 0.3 is 6.03 Å². The average Bonchev–Trinajstić information content (AvgIpc) is 3.41. The van der Waals surface area contributed by atoms with E-state index in [0.29, 0.717) is 0 Å². The van der Waals surface area contributed by atoms with Gasteiger partial charge < -0.3 is 15.5 Å². The summed E-state index contributed by atoms with van der Waals surface area (Å²) in [5.41, 5.74) is -0.658. The molecule has 2 N–H and O–H groups in total. The molecule has 1 aliphatic carbocycles. The van der Waals surface area contributed by atoms with Crippen LogP contribution in [0.1, 0.15) is 30.9 Å². The predicted molar refractivity (Wildman–Crippen MR) is 104 cm³/mol. The zero-order valence-electron chi connectivity index (χ0n) is 16.5. The number of alkyl halides is 2. The monoisotopic (exact) mass is 452 g/mol. The van der Waals surface area contributed by atoms with Gasteiger partial charge in [-0.1, -0.05) is 0 Å². The topological polar surface area (TPSA) is 74.6 Å². The lowest BCUT2D eigenvalue weighted by molar-refractivity contribution is 0.0221. The van der Waals surface area contributed by atoms with Crippen LogP contribution in [0.25, 0.3) is 5.65 Å². The minimum atomic E-state index is -3.19. The summed E-state index contributed by atoms with van der Waals surface area (Å²) in [6.07, 6.45) is 2.20. The molecule has 1 saturated heterocycles. The van der Waals surface area contributed by atoms with E-state index < -0.39 is 48.5 Å². The number of rotatable bonds is 4. The van der Waals surface area contributed by atoms with Gasteiger partial charge in [-0.15, -0.1) is 5.10 Å². The number of amides is 2. The zero-order chi connectivity index (χ0) is 22.6. The van der Waals surface area contributed by atoms with Crippen LogP contribution in [0, 0.1) is 17.6 Å². The van der Waals surface area contributed by atoms with Gasteiger partial charge in [0.15, 0.2) is 5.65 Å². The van der Waals surface area contributed by atoms with Crippen molar-refractivity contribution in [2.24, 2.45) is 0 Å². The lowest BCUT2D eigenvalue weighted by Crippen LogP contribution is -2.30. The molecular formula is C20H17F5N6O. The zero-order valence-corrected chi connectivity index (χ0v) is 16.5. The van der Waals surface area contributed by atoms with E-state index in [9.17, 15) is 26.7 Å². The molecule has 2 aliphatic rings. The van der Waals surface area contributed by atoms with E-state index in [2.05, 4.69) is 20.7 Å². The van der Waals surface area contributed by atoms with Crippen LogP contribution in [0.4, 0.5) is 38.3 Å². The average molecular weight is 452 g/mol. The molecule has 2 aromatic heterocycles. The number of hydrogen-bond donors (Lipinski definition) is 2. The number of halogens is 5. The van der Waals surface area contributed by atoms with Crippen LogP contribution in [0.15, 0.2) is 30.5 Å². The van der Waals surface area contributed by atoms with E-state index in [1.54, 1.807) is 0 Å². The molecule has 3 aromatic rings. The fraction of sp³-hybridized carbons (Fsp3) is 0.350. The molecule has 168 valence electrons. The quantitative estimate of drug-likeness (QED) is 0.587. The number of carbonyl (C=O) groups excluding carboxylic acids is 1. The Morgan fingerprint density at radius 3 is 2.69 bits per heavy atom. The summed E-state index contributed by atoms with van der Waals surface area (Å²) in [5.74, 6) is -5.79. The van der Waals surface area contributed by atoms with Crippen molar-refractivity contribution in [2.45, 2.75) is 37.3 Å². The summed E-state index contributed by atoms with van der Waals surface area (Å²) in [6, 6.07) is 2.17. The van der Waals surface area contributed by atoms with E-state index in [-0.39, 0.29) is 28.8 Å². The summed E-state index contributed by atoms with van der Waals surface area (Å²) >= 11 is 0. The van der Waals surface area contributed by atoms with E-state index in [1.165, 1.54) is 12.3 Å². The van der Waals surface area contributed by atoms with Crippen LogP contribution in [-0.4, -0.2) is 39.1 Å². The fourth-order valence-electron chi connectivity index (χ4n) is 3.83. The molecule has 1 unspecified atom stereocenters. The van der Waals surface area contributed by atoms with Crippen molar-refractivity contribution in [3.63, 3.8) is 0 Å². The van der Waals surface area contributed by atoms with Crippen molar-refractivity contribution in [3.05, 3.63) is 53.6 Å². The largest absolute Gasteiger partial charge is 0.343 e. The third kappa shape index (κ3) is 3.80. The Morgan fingerprint density at radius 1 is 1.16 bits per heavy atom. The van der Waals surface area contributed by atoms with Crippen molar-refractivity contribution in [2.75, 3.05) is 16.8 Å². The lowest BCUT2D eigenvalue weighted by atomic mass is 10.0. The van der Waals surface area contributed by atoms with Gasteiger partial charge in [-0.3, -0.25) is 0 Å². The molecule has 32 heavy (non-hydrogen) atoms. The van der Waals surface area contributed by atoms with Gasteiger partial charge in [0, 0.05) is 24.2 Å². The van der Waals surface area contributed by atoms with E-state index in [4.69, 9.17) is 0 Å². The van der Waals surface area contributed by atoms with Crippen LogP contribution in [-0.2, 0) is 0 Å². The Kier molecular flexibility index (Phi) is 4.68. The third-order valence-electron chi connectivity index (χ3n) is 5.46. The van der Waals surface area contributed by atoms with Crippen LogP contribution in [0.3, 0.4) is 0 Å². The van der Waals surface area contributed by atoms with E-state index in [0.717, 1.165) is 40.5 Å². The minimum Gasteiger partial charge on any atom is -0.343 e. The molecule has 5 rings (SSSR count). The van der Waals surface area contributed by atoms with Gasteiger partial charge in [0.25, 0.3) is 11.9 Å². The number of anilines is 2. The van der Waals surface area contributed by atoms with E-state index >= 15 is 0 Å². The van der Waals surface area contributed by atoms with Gasteiger partial charge in [-0.25, -0.2) is 31.9 Å². The van der Waals surface area contributed by atoms with Gasteiger partial charge in [-0.2, -0.15) is 4.39 Å². The summed E-state index contributed by atoms with van der Waals surface area (Å²) in [6.45, 7) is -0.793. The number of nitrogens with one attached hydrogen (secondary N) is 2. The first-order chi connectivity index (χ1) is 15.2. The SMILES string of the molecule is O=C(Nc1c(F)nn2ccc(N3CC(F)(F)CC3c3cc(F)ccc3F)nc12)NC1CC1. The molecular weight excluding hydrogens is 435 g/mol. The minimum absolute atomic E-state index is 0.0195. The highest BCUT2D eigenvalue weighted by Crippen LogP contribution is 2.44. The maximum atomic E-state index is 14.4. The molecule has 1 saturated carbocycles. The fourth-order valence-corrected chi connectivity index (χ4v) is 3.83. The highest BCUT2D eigenvalue weighted by Gasteiger charge is 2.47. The van der Waals surface area contributed by atoms with Gasteiger partial charge in [0.2, 0.25) is 0 Å². The summed E-state index contributed by atoms with van der Waals surface area (Å²) < 4.78 is 72.1. The Morgan fingerprint density at radius 2 is 1.94 bits per heavy atom. The molecule has 1 atom stereocenters. The first kappa shape index (κ1) is 20.5. The molecule has 0 bridgehead atoms. The Bertz CT molecular complexity index is 1210.